The molecule has 0 radical (unpaired) electrons. The largest absolute Gasteiger partial charge is 0.388 e. The van der Waals surface area contributed by atoms with Gasteiger partial charge in [0.05, 0.1) is 16.3 Å². The van der Waals surface area contributed by atoms with Crippen LogP contribution >= 0.6 is 11.3 Å². The molecule has 122 valence electrons. The van der Waals surface area contributed by atoms with Crippen LogP contribution in [0.25, 0.3) is 16.3 Å². The van der Waals surface area contributed by atoms with E-state index in [9.17, 15) is 8.42 Å². The quantitative estimate of drug-likeness (QED) is 0.775. The molecule has 1 aromatic carbocycles. The molecular weight excluding hydrogens is 344 g/mol. The first-order valence-electron chi connectivity index (χ1n) is 7.01. The number of anilines is 1. The normalized spacial score (nSPS) is 11.2. The maximum atomic E-state index is 11.7. The van der Waals surface area contributed by atoms with Crippen LogP contribution < -0.4 is 5.32 Å². The lowest BCUT2D eigenvalue weighted by Gasteiger charge is -2.07. The first-order valence-corrected chi connectivity index (χ1v) is 9.72. The monoisotopic (exact) mass is 358 g/mol. The number of hydrogen-bond acceptors (Lipinski definition) is 6. The van der Waals surface area contributed by atoms with Gasteiger partial charge in [0.25, 0.3) is 0 Å². The van der Waals surface area contributed by atoms with Gasteiger partial charge in [0, 0.05) is 25.1 Å². The summed E-state index contributed by atoms with van der Waals surface area (Å²) in [7, 11) is -1.43. The molecule has 3 aromatic rings. The number of benzene rings is 1. The van der Waals surface area contributed by atoms with E-state index in [1.54, 1.807) is 22.9 Å². The van der Waals surface area contributed by atoms with Gasteiger partial charge < -0.3 is 5.32 Å². The third-order valence-corrected chi connectivity index (χ3v) is 6.35. The maximum Gasteiger partial charge on any atom is 0.184 e. The van der Waals surface area contributed by atoms with Gasteiger partial charge in [0.15, 0.2) is 15.5 Å². The van der Waals surface area contributed by atoms with Crippen molar-refractivity contribution in [2.24, 2.45) is 0 Å². The van der Waals surface area contributed by atoms with Gasteiger partial charge in [-0.05, 0) is 36.4 Å². The van der Waals surface area contributed by atoms with Gasteiger partial charge >= 0.3 is 0 Å². The number of thiophene rings is 1. The van der Waals surface area contributed by atoms with Crippen molar-refractivity contribution in [2.75, 3.05) is 18.6 Å². The minimum Gasteiger partial charge on any atom is -0.388 e. The first kappa shape index (κ1) is 16.2. The second-order valence-corrected chi connectivity index (χ2v) is 8.45. The predicted molar refractivity (Wildman–Crippen MR) is 94.2 cm³/mol. The molecule has 0 amide bonds. The minimum absolute atomic E-state index is 0.275. The number of nitrogens with one attached hydrogen (secondary N) is 1. The molecule has 0 saturated heterocycles. The van der Waals surface area contributed by atoms with Crippen LogP contribution in [0.1, 0.15) is 5.69 Å². The van der Waals surface area contributed by atoms with E-state index in [2.05, 4.69) is 10.4 Å². The molecule has 24 heavy (non-hydrogen) atoms. The van der Waals surface area contributed by atoms with Crippen LogP contribution in [-0.2, 0) is 9.84 Å². The highest BCUT2D eigenvalue weighted by Crippen LogP contribution is 2.32. The Labute approximate surface area is 143 Å². The van der Waals surface area contributed by atoms with Gasteiger partial charge in [-0.3, -0.25) is 0 Å². The van der Waals surface area contributed by atoms with Crippen molar-refractivity contribution in [1.82, 2.24) is 9.78 Å². The highest BCUT2D eigenvalue weighted by molar-refractivity contribution is 7.92. The summed E-state index contributed by atoms with van der Waals surface area (Å²) in [4.78, 5) is 0.738. The van der Waals surface area contributed by atoms with Crippen LogP contribution in [0.5, 0.6) is 0 Å². The zero-order valence-corrected chi connectivity index (χ0v) is 14.6. The Hall–Kier alpha value is -2.63. The van der Waals surface area contributed by atoms with E-state index in [1.807, 2.05) is 37.4 Å². The lowest BCUT2D eigenvalue weighted by Crippen LogP contribution is -1.99. The molecule has 0 saturated carbocycles. The molecule has 1 N–H and O–H groups in total. The fraction of sp³-hybridized carbons (Fsp3) is 0.125. The van der Waals surface area contributed by atoms with Crippen LogP contribution in [0.4, 0.5) is 5.69 Å². The summed E-state index contributed by atoms with van der Waals surface area (Å²) in [5.74, 6) is 0. The Morgan fingerprint density at radius 2 is 1.92 bits per heavy atom. The molecular formula is C16H14N4O2S2. The average molecular weight is 358 g/mol. The van der Waals surface area contributed by atoms with E-state index < -0.39 is 9.84 Å². The molecule has 3 rings (SSSR count). The van der Waals surface area contributed by atoms with E-state index in [-0.39, 0.29) is 9.90 Å². The van der Waals surface area contributed by atoms with E-state index in [0.29, 0.717) is 5.69 Å². The summed E-state index contributed by atoms with van der Waals surface area (Å²) in [5, 5.41) is 16.5. The summed E-state index contributed by atoms with van der Waals surface area (Å²) in [6.07, 6.45) is 1.18. The van der Waals surface area contributed by atoms with Crippen LogP contribution in [0.15, 0.2) is 46.7 Å². The van der Waals surface area contributed by atoms with Crippen molar-refractivity contribution in [1.29, 1.82) is 5.26 Å². The van der Waals surface area contributed by atoms with Gasteiger partial charge in [0.1, 0.15) is 10.3 Å². The van der Waals surface area contributed by atoms with Crippen LogP contribution in [0.2, 0.25) is 0 Å². The van der Waals surface area contributed by atoms with E-state index >= 15 is 0 Å². The van der Waals surface area contributed by atoms with E-state index in [1.165, 1.54) is 6.26 Å². The molecule has 0 spiro atoms. The number of nitriles is 1. The third kappa shape index (κ3) is 3.04. The Morgan fingerprint density at radius 3 is 2.46 bits per heavy atom. The van der Waals surface area contributed by atoms with Gasteiger partial charge in [-0.1, -0.05) is 0 Å². The predicted octanol–water partition coefficient (Wildman–Crippen LogP) is 2.92. The summed E-state index contributed by atoms with van der Waals surface area (Å²) in [5.41, 5.74) is 2.71. The molecule has 0 aliphatic carbocycles. The van der Waals surface area contributed by atoms with Crippen molar-refractivity contribution in [2.45, 2.75) is 4.21 Å². The summed E-state index contributed by atoms with van der Waals surface area (Å²) in [6, 6.07) is 14.6. The minimum atomic E-state index is -3.26. The van der Waals surface area contributed by atoms with Crippen molar-refractivity contribution in [3.05, 3.63) is 48.2 Å². The van der Waals surface area contributed by atoms with Gasteiger partial charge in [-0.15, -0.1) is 11.3 Å². The lowest BCUT2D eigenvalue weighted by atomic mass is 10.2. The van der Waals surface area contributed by atoms with Crippen molar-refractivity contribution < 1.29 is 8.42 Å². The van der Waals surface area contributed by atoms with Crippen LogP contribution in [0.3, 0.4) is 0 Å². The Bertz CT molecular complexity index is 1020. The number of hydrogen-bond donors (Lipinski definition) is 1. The van der Waals surface area contributed by atoms with E-state index in [0.717, 1.165) is 27.6 Å². The fourth-order valence-electron chi connectivity index (χ4n) is 2.23. The summed E-state index contributed by atoms with van der Waals surface area (Å²) < 4.78 is 25.3. The first-order chi connectivity index (χ1) is 11.4. The third-order valence-electron chi connectivity index (χ3n) is 3.42. The molecule has 2 heterocycles. The number of rotatable bonds is 4. The van der Waals surface area contributed by atoms with Crippen molar-refractivity contribution >= 4 is 26.9 Å². The van der Waals surface area contributed by atoms with E-state index in [4.69, 9.17) is 5.26 Å². The molecule has 6 nitrogen and oxygen atoms in total. The molecule has 8 heteroatoms. The van der Waals surface area contributed by atoms with Crippen LogP contribution in [0, 0.1) is 11.3 Å². The second kappa shape index (κ2) is 6.11. The summed E-state index contributed by atoms with van der Waals surface area (Å²) >= 11 is 1.16. The standard InChI is InChI=1S/C16H14N4O2S2/c1-18-11-3-5-13(6-4-11)20-14(9-12(10-17)19-20)15-7-8-16(23-15)24(2,21)22/h3-9,18H,1-2H3. The molecule has 0 aliphatic rings. The Balaban J connectivity index is 2.12. The second-order valence-electron chi connectivity index (χ2n) is 5.13. The van der Waals surface area contributed by atoms with Crippen LogP contribution in [-0.4, -0.2) is 31.5 Å². The molecule has 0 bridgehead atoms. The fourth-order valence-corrected chi connectivity index (χ4v) is 4.16. The maximum absolute atomic E-state index is 11.7. The number of sulfone groups is 1. The smallest absolute Gasteiger partial charge is 0.184 e. The number of nitrogens with zero attached hydrogens (tertiary/aromatic N) is 3. The van der Waals surface area contributed by atoms with Crippen molar-refractivity contribution in [3.8, 4) is 22.3 Å². The zero-order valence-electron chi connectivity index (χ0n) is 13.0. The van der Waals surface area contributed by atoms with Gasteiger partial charge in [0.2, 0.25) is 0 Å². The Morgan fingerprint density at radius 1 is 1.21 bits per heavy atom. The molecule has 0 atom stereocenters. The molecule has 0 aliphatic heterocycles. The van der Waals surface area contributed by atoms with Gasteiger partial charge in [-0.25, -0.2) is 13.1 Å². The average Bonchev–Trinajstić information content (AvgIpc) is 3.21. The highest BCUT2D eigenvalue weighted by Gasteiger charge is 2.17. The Kier molecular flexibility index (Phi) is 4.13. The SMILES string of the molecule is CNc1ccc(-n2nc(C#N)cc2-c2ccc(S(C)(=O)=O)s2)cc1. The number of aromatic nitrogens is 2. The molecule has 2 aromatic heterocycles. The summed E-state index contributed by atoms with van der Waals surface area (Å²) in [6.45, 7) is 0. The zero-order chi connectivity index (χ0) is 17.3. The van der Waals surface area contributed by atoms with Crippen molar-refractivity contribution in [3.63, 3.8) is 0 Å². The highest BCUT2D eigenvalue weighted by atomic mass is 32.2. The molecule has 0 fully saturated rings. The molecule has 0 unspecified atom stereocenters. The topological polar surface area (TPSA) is 87.8 Å². The van der Waals surface area contributed by atoms with Gasteiger partial charge in [-0.2, -0.15) is 10.4 Å². The lowest BCUT2D eigenvalue weighted by molar-refractivity contribution is 0.604.